The average molecular weight is 388 g/mol. The third-order valence-electron chi connectivity index (χ3n) is 2.83. The van der Waals surface area contributed by atoms with Crippen LogP contribution < -0.4 is 0 Å². The molecule has 2 heterocycles. The van der Waals surface area contributed by atoms with Gasteiger partial charge in [0.05, 0.1) is 16.3 Å². The molecular weight excluding hydrogens is 376 g/mol. The SMILES string of the molecule is Cc1sc(C(Br)C2CCS(=O)(=O)C2)cc1Br. The Hall–Kier alpha value is 0.610. The van der Waals surface area contributed by atoms with Crippen LogP contribution in [0.1, 0.15) is 21.0 Å². The van der Waals surface area contributed by atoms with Gasteiger partial charge in [0, 0.05) is 14.2 Å². The van der Waals surface area contributed by atoms with Crippen molar-refractivity contribution in [3.8, 4) is 0 Å². The summed E-state index contributed by atoms with van der Waals surface area (Å²) in [5, 5.41) is 0. The Kier molecular flexibility index (Phi) is 3.84. The van der Waals surface area contributed by atoms with Crippen LogP contribution in [0.15, 0.2) is 10.5 Å². The van der Waals surface area contributed by atoms with E-state index in [0.717, 1.165) is 10.9 Å². The van der Waals surface area contributed by atoms with Crippen LogP contribution in [-0.4, -0.2) is 19.9 Å². The molecule has 0 saturated carbocycles. The minimum atomic E-state index is -2.79. The minimum Gasteiger partial charge on any atom is -0.229 e. The van der Waals surface area contributed by atoms with E-state index in [0.29, 0.717) is 11.5 Å². The van der Waals surface area contributed by atoms with Gasteiger partial charge in [0.2, 0.25) is 0 Å². The van der Waals surface area contributed by atoms with Crippen molar-refractivity contribution >= 4 is 53.0 Å². The number of alkyl halides is 1. The highest BCUT2D eigenvalue weighted by Crippen LogP contribution is 2.42. The Bertz CT molecular complexity index is 473. The van der Waals surface area contributed by atoms with Crippen LogP contribution >= 0.6 is 43.2 Å². The molecule has 0 aromatic carbocycles. The maximum atomic E-state index is 11.4. The fourth-order valence-electron chi connectivity index (χ4n) is 1.90. The third-order valence-corrected chi connectivity index (χ3v) is 8.39. The largest absolute Gasteiger partial charge is 0.229 e. The Morgan fingerprint density at radius 2 is 2.25 bits per heavy atom. The first-order valence-corrected chi connectivity index (χ1v) is 9.34. The molecule has 1 fully saturated rings. The number of sulfone groups is 1. The molecule has 2 atom stereocenters. The lowest BCUT2D eigenvalue weighted by molar-refractivity contribution is 0.583. The van der Waals surface area contributed by atoms with Crippen molar-refractivity contribution in [2.24, 2.45) is 5.92 Å². The van der Waals surface area contributed by atoms with E-state index in [4.69, 9.17) is 0 Å². The van der Waals surface area contributed by atoms with Crippen molar-refractivity contribution in [2.75, 3.05) is 11.5 Å². The highest BCUT2D eigenvalue weighted by atomic mass is 79.9. The summed E-state index contributed by atoms with van der Waals surface area (Å²) in [5.41, 5.74) is 0. The molecule has 0 spiro atoms. The quantitative estimate of drug-likeness (QED) is 0.725. The lowest BCUT2D eigenvalue weighted by atomic mass is 10.0. The Morgan fingerprint density at radius 1 is 1.56 bits per heavy atom. The third kappa shape index (κ3) is 2.71. The van der Waals surface area contributed by atoms with Gasteiger partial charge in [-0.1, -0.05) is 15.9 Å². The summed E-state index contributed by atoms with van der Waals surface area (Å²) in [6.45, 7) is 2.06. The standard InChI is InChI=1S/C10H12Br2O2S2/c1-6-8(11)4-9(15-6)10(12)7-2-3-16(13,14)5-7/h4,7,10H,2-3,5H2,1H3. The molecule has 0 bridgehead atoms. The molecule has 0 N–H and O–H groups in total. The van der Waals surface area contributed by atoms with Crippen LogP contribution in [0, 0.1) is 12.8 Å². The number of hydrogen-bond acceptors (Lipinski definition) is 3. The first-order chi connectivity index (χ1) is 7.39. The summed E-state index contributed by atoms with van der Waals surface area (Å²) in [7, 11) is -2.79. The Labute approximate surface area is 117 Å². The first-order valence-electron chi connectivity index (χ1n) is 4.99. The average Bonchev–Trinajstić information content (AvgIpc) is 2.70. The molecule has 2 nitrogen and oxygen atoms in total. The van der Waals surface area contributed by atoms with Crippen LogP contribution in [0.4, 0.5) is 0 Å². The zero-order valence-corrected chi connectivity index (χ0v) is 13.5. The van der Waals surface area contributed by atoms with Crippen LogP contribution in [0.3, 0.4) is 0 Å². The summed E-state index contributed by atoms with van der Waals surface area (Å²) in [5.74, 6) is 0.873. The number of aryl methyl sites for hydroxylation is 1. The topological polar surface area (TPSA) is 34.1 Å². The maximum Gasteiger partial charge on any atom is 0.150 e. The van der Waals surface area contributed by atoms with Gasteiger partial charge >= 0.3 is 0 Å². The first kappa shape index (κ1) is 13.1. The van der Waals surface area contributed by atoms with E-state index >= 15 is 0 Å². The van der Waals surface area contributed by atoms with Crippen molar-refractivity contribution in [3.05, 3.63) is 20.3 Å². The summed E-state index contributed by atoms with van der Waals surface area (Å²) in [4.78, 5) is 2.62. The molecule has 1 aromatic heterocycles. The molecule has 1 saturated heterocycles. The van der Waals surface area contributed by atoms with Crippen molar-refractivity contribution in [1.82, 2.24) is 0 Å². The van der Waals surface area contributed by atoms with Crippen LogP contribution in [0.25, 0.3) is 0 Å². The summed E-state index contributed by atoms with van der Waals surface area (Å²) < 4.78 is 24.0. The predicted molar refractivity (Wildman–Crippen MR) is 75.2 cm³/mol. The fraction of sp³-hybridized carbons (Fsp3) is 0.600. The number of rotatable bonds is 2. The molecule has 1 aliphatic heterocycles. The van der Waals surface area contributed by atoms with Gasteiger partial charge in [0.15, 0.2) is 9.84 Å². The Balaban J connectivity index is 2.17. The zero-order chi connectivity index (χ0) is 11.9. The van der Waals surface area contributed by atoms with Crippen molar-refractivity contribution in [1.29, 1.82) is 0 Å². The second kappa shape index (κ2) is 4.71. The molecular formula is C10H12Br2O2S2. The molecule has 0 amide bonds. The molecule has 2 rings (SSSR count). The highest BCUT2D eigenvalue weighted by Gasteiger charge is 2.33. The number of thiophene rings is 1. The fourth-order valence-corrected chi connectivity index (χ4v) is 6.49. The molecule has 1 aliphatic rings. The monoisotopic (exact) mass is 386 g/mol. The molecule has 2 unspecified atom stereocenters. The molecule has 90 valence electrons. The van der Waals surface area contributed by atoms with Gasteiger partial charge in [-0.15, -0.1) is 11.3 Å². The molecule has 0 radical (unpaired) electrons. The van der Waals surface area contributed by atoms with E-state index in [1.165, 1.54) is 9.75 Å². The molecule has 16 heavy (non-hydrogen) atoms. The van der Waals surface area contributed by atoms with Gasteiger partial charge in [-0.2, -0.15) is 0 Å². The van der Waals surface area contributed by atoms with E-state index in [1.54, 1.807) is 11.3 Å². The summed E-state index contributed by atoms with van der Waals surface area (Å²) in [6.07, 6.45) is 0.771. The molecule has 0 aliphatic carbocycles. The van der Waals surface area contributed by atoms with Crippen LogP contribution in [0.2, 0.25) is 0 Å². The smallest absolute Gasteiger partial charge is 0.150 e. The van der Waals surface area contributed by atoms with Gasteiger partial charge in [0.1, 0.15) is 0 Å². The van der Waals surface area contributed by atoms with Crippen molar-refractivity contribution < 1.29 is 8.42 Å². The van der Waals surface area contributed by atoms with Gasteiger partial charge in [0.25, 0.3) is 0 Å². The summed E-state index contributed by atoms with van der Waals surface area (Å²) >= 11 is 8.84. The van der Waals surface area contributed by atoms with Gasteiger partial charge in [-0.3, -0.25) is 0 Å². The maximum absolute atomic E-state index is 11.4. The van der Waals surface area contributed by atoms with Crippen LogP contribution in [-0.2, 0) is 9.84 Å². The van der Waals surface area contributed by atoms with Gasteiger partial charge in [-0.05, 0) is 41.3 Å². The lowest BCUT2D eigenvalue weighted by Crippen LogP contribution is -2.09. The van der Waals surface area contributed by atoms with E-state index in [9.17, 15) is 8.42 Å². The van der Waals surface area contributed by atoms with E-state index in [1.807, 2.05) is 0 Å². The predicted octanol–water partition coefficient (Wildman–Crippen LogP) is 3.69. The second-order valence-electron chi connectivity index (χ2n) is 4.12. The van der Waals surface area contributed by atoms with Gasteiger partial charge in [-0.25, -0.2) is 8.42 Å². The van der Waals surface area contributed by atoms with E-state index in [2.05, 4.69) is 44.8 Å². The number of hydrogen-bond donors (Lipinski definition) is 0. The van der Waals surface area contributed by atoms with Crippen LogP contribution in [0.5, 0.6) is 0 Å². The van der Waals surface area contributed by atoms with Gasteiger partial charge < -0.3 is 0 Å². The van der Waals surface area contributed by atoms with E-state index in [-0.39, 0.29) is 10.7 Å². The normalized spacial score (nSPS) is 25.8. The number of halogens is 2. The van der Waals surface area contributed by atoms with Crippen molar-refractivity contribution in [3.63, 3.8) is 0 Å². The minimum absolute atomic E-state index is 0.166. The van der Waals surface area contributed by atoms with Crippen molar-refractivity contribution in [2.45, 2.75) is 18.2 Å². The molecule has 6 heteroatoms. The highest BCUT2D eigenvalue weighted by molar-refractivity contribution is 9.10. The second-order valence-corrected chi connectivity index (χ2v) is 9.48. The lowest BCUT2D eigenvalue weighted by Gasteiger charge is -2.13. The summed E-state index contributed by atoms with van der Waals surface area (Å²) in [6, 6.07) is 2.09. The van der Waals surface area contributed by atoms with E-state index < -0.39 is 9.84 Å². The zero-order valence-electron chi connectivity index (χ0n) is 8.74. The Morgan fingerprint density at radius 3 is 2.69 bits per heavy atom. The molecule has 1 aromatic rings.